The van der Waals surface area contributed by atoms with Crippen molar-refractivity contribution in [1.29, 1.82) is 0 Å². The second kappa shape index (κ2) is 10.6. The van der Waals surface area contributed by atoms with Crippen LogP contribution in [0.5, 0.6) is 0 Å². The normalized spacial score (nSPS) is 13.1. The monoisotopic (exact) mass is 600 g/mol. The van der Waals surface area contributed by atoms with Crippen LogP contribution in [0.15, 0.2) is 158 Å². The molecule has 2 heteroatoms. The molecule has 1 aromatic heterocycles. The smallest absolute Gasteiger partial charge is 0.161 e. The van der Waals surface area contributed by atoms with Crippen molar-refractivity contribution in [2.75, 3.05) is 0 Å². The summed E-state index contributed by atoms with van der Waals surface area (Å²) in [7, 11) is 0. The molecule has 0 unspecified atom stereocenters. The summed E-state index contributed by atoms with van der Waals surface area (Å²) in [5, 5.41) is 4.71. The number of nitrogens with zero attached hydrogens (tertiary/aromatic N) is 2. The Bertz CT molecular complexity index is 2490. The predicted molar refractivity (Wildman–Crippen MR) is 196 cm³/mol. The van der Waals surface area contributed by atoms with Crippen molar-refractivity contribution in [2.24, 2.45) is 0 Å². The van der Waals surface area contributed by atoms with Crippen LogP contribution in [0.4, 0.5) is 0 Å². The van der Waals surface area contributed by atoms with Crippen LogP contribution in [-0.2, 0) is 5.41 Å². The van der Waals surface area contributed by atoms with Crippen molar-refractivity contribution in [2.45, 2.75) is 19.3 Å². The molecular formula is C45H32N2. The van der Waals surface area contributed by atoms with Crippen molar-refractivity contribution in [3.63, 3.8) is 0 Å². The van der Waals surface area contributed by atoms with Crippen molar-refractivity contribution in [3.8, 4) is 56.2 Å². The summed E-state index contributed by atoms with van der Waals surface area (Å²) in [6.07, 6.45) is 0. The number of benzene rings is 7. The summed E-state index contributed by atoms with van der Waals surface area (Å²) in [6, 6.07) is 56.4. The summed E-state index contributed by atoms with van der Waals surface area (Å²) in [5.74, 6) is 0.725. The summed E-state index contributed by atoms with van der Waals surface area (Å²) in [5.41, 5.74) is 12.9. The molecule has 8 aromatic rings. The molecule has 1 aliphatic rings. The van der Waals surface area contributed by atoms with Gasteiger partial charge in [0.15, 0.2) is 5.82 Å². The van der Waals surface area contributed by atoms with Gasteiger partial charge in [-0.05, 0) is 73.1 Å². The fourth-order valence-electron chi connectivity index (χ4n) is 7.53. The van der Waals surface area contributed by atoms with Crippen LogP contribution >= 0.6 is 0 Å². The standard InChI is InChI=1S/C45H32N2/c1-45(2)40-22-11-10-20-36(40)37-24-23-31(27-41(37)45)33-25-26-39(35-19-9-8-18-34(33)35)44-46-42(30-14-4-3-5-15-30)28-43(47-44)38-21-12-16-29-13-6-7-17-32(29)38/h3-28H,1-2H3. The molecule has 9 rings (SSSR count). The van der Waals surface area contributed by atoms with Crippen LogP contribution in [-0.4, -0.2) is 9.97 Å². The Morgan fingerprint density at radius 3 is 1.83 bits per heavy atom. The van der Waals surface area contributed by atoms with E-state index in [1.807, 2.05) is 6.07 Å². The Morgan fingerprint density at radius 2 is 0.979 bits per heavy atom. The van der Waals surface area contributed by atoms with E-state index >= 15 is 0 Å². The van der Waals surface area contributed by atoms with E-state index in [2.05, 4.69) is 166 Å². The topological polar surface area (TPSA) is 25.8 Å². The number of rotatable bonds is 4. The van der Waals surface area contributed by atoms with Gasteiger partial charge in [-0.25, -0.2) is 9.97 Å². The third kappa shape index (κ3) is 4.40. The zero-order chi connectivity index (χ0) is 31.5. The van der Waals surface area contributed by atoms with Gasteiger partial charge in [0.25, 0.3) is 0 Å². The molecule has 0 saturated carbocycles. The van der Waals surface area contributed by atoms with Gasteiger partial charge >= 0.3 is 0 Å². The molecule has 0 aliphatic heterocycles. The maximum Gasteiger partial charge on any atom is 0.161 e. The van der Waals surface area contributed by atoms with E-state index in [-0.39, 0.29) is 5.41 Å². The van der Waals surface area contributed by atoms with E-state index in [0.29, 0.717) is 0 Å². The lowest BCUT2D eigenvalue weighted by atomic mass is 9.81. The molecule has 47 heavy (non-hydrogen) atoms. The summed E-state index contributed by atoms with van der Waals surface area (Å²) in [6.45, 7) is 4.68. The van der Waals surface area contributed by atoms with Gasteiger partial charge in [0.2, 0.25) is 0 Å². The Balaban J connectivity index is 1.24. The molecule has 222 valence electrons. The highest BCUT2D eigenvalue weighted by atomic mass is 14.9. The van der Waals surface area contributed by atoms with Crippen LogP contribution in [0.2, 0.25) is 0 Å². The number of hydrogen-bond acceptors (Lipinski definition) is 2. The van der Waals surface area contributed by atoms with E-state index in [1.54, 1.807) is 0 Å². The molecule has 0 bridgehead atoms. The number of aromatic nitrogens is 2. The van der Waals surface area contributed by atoms with E-state index < -0.39 is 0 Å². The average molecular weight is 601 g/mol. The van der Waals surface area contributed by atoms with Crippen LogP contribution in [0.1, 0.15) is 25.0 Å². The second-order valence-corrected chi connectivity index (χ2v) is 13.0. The molecule has 7 aromatic carbocycles. The first kappa shape index (κ1) is 27.5. The molecule has 2 nitrogen and oxygen atoms in total. The molecule has 1 heterocycles. The average Bonchev–Trinajstić information content (AvgIpc) is 3.36. The van der Waals surface area contributed by atoms with Crippen molar-refractivity contribution < 1.29 is 0 Å². The lowest BCUT2D eigenvalue weighted by Crippen LogP contribution is -2.14. The van der Waals surface area contributed by atoms with Gasteiger partial charge in [0, 0.05) is 22.1 Å². The van der Waals surface area contributed by atoms with Crippen LogP contribution in [0.3, 0.4) is 0 Å². The fraction of sp³-hybridized carbons (Fsp3) is 0.0667. The third-order valence-electron chi connectivity index (χ3n) is 9.92. The van der Waals surface area contributed by atoms with Gasteiger partial charge in [0.05, 0.1) is 11.4 Å². The molecule has 0 spiro atoms. The van der Waals surface area contributed by atoms with Crippen LogP contribution in [0, 0.1) is 0 Å². The predicted octanol–water partition coefficient (Wildman–Crippen LogP) is 11.8. The van der Waals surface area contributed by atoms with Crippen LogP contribution in [0.25, 0.3) is 77.7 Å². The fourth-order valence-corrected chi connectivity index (χ4v) is 7.53. The molecule has 0 fully saturated rings. The maximum atomic E-state index is 5.28. The van der Waals surface area contributed by atoms with Crippen molar-refractivity contribution in [3.05, 3.63) is 169 Å². The summed E-state index contributed by atoms with van der Waals surface area (Å²) in [4.78, 5) is 10.5. The minimum Gasteiger partial charge on any atom is -0.228 e. The minimum absolute atomic E-state index is 0.0542. The maximum absolute atomic E-state index is 5.28. The molecular weight excluding hydrogens is 569 g/mol. The molecule has 0 atom stereocenters. The largest absolute Gasteiger partial charge is 0.228 e. The molecule has 0 saturated heterocycles. The second-order valence-electron chi connectivity index (χ2n) is 13.0. The Morgan fingerprint density at radius 1 is 0.383 bits per heavy atom. The van der Waals surface area contributed by atoms with Gasteiger partial charge in [0.1, 0.15) is 0 Å². The Kier molecular flexibility index (Phi) is 6.20. The van der Waals surface area contributed by atoms with Gasteiger partial charge < -0.3 is 0 Å². The first-order chi connectivity index (χ1) is 23.1. The minimum atomic E-state index is -0.0542. The van der Waals surface area contributed by atoms with Gasteiger partial charge in [-0.1, -0.05) is 153 Å². The molecule has 0 radical (unpaired) electrons. The first-order valence-electron chi connectivity index (χ1n) is 16.3. The van der Waals surface area contributed by atoms with E-state index in [9.17, 15) is 0 Å². The van der Waals surface area contributed by atoms with E-state index in [1.165, 1.54) is 49.5 Å². The third-order valence-corrected chi connectivity index (χ3v) is 9.92. The molecule has 1 aliphatic carbocycles. The highest BCUT2D eigenvalue weighted by molar-refractivity contribution is 6.05. The first-order valence-corrected chi connectivity index (χ1v) is 16.3. The zero-order valence-corrected chi connectivity index (χ0v) is 26.4. The van der Waals surface area contributed by atoms with E-state index in [0.717, 1.165) is 39.3 Å². The number of hydrogen-bond donors (Lipinski definition) is 0. The van der Waals surface area contributed by atoms with Gasteiger partial charge in [-0.2, -0.15) is 0 Å². The quantitative estimate of drug-likeness (QED) is 0.201. The SMILES string of the molecule is CC1(C)c2ccccc2-c2ccc(-c3ccc(-c4nc(-c5ccccc5)cc(-c5cccc6ccccc56)n4)c4ccccc34)cc21. The summed E-state index contributed by atoms with van der Waals surface area (Å²) < 4.78 is 0. The Labute approximate surface area is 275 Å². The zero-order valence-electron chi connectivity index (χ0n) is 26.4. The highest BCUT2D eigenvalue weighted by Crippen LogP contribution is 2.50. The van der Waals surface area contributed by atoms with Gasteiger partial charge in [-0.15, -0.1) is 0 Å². The lowest BCUT2D eigenvalue weighted by Gasteiger charge is -2.22. The summed E-state index contributed by atoms with van der Waals surface area (Å²) >= 11 is 0. The Hall–Kier alpha value is -5.86. The van der Waals surface area contributed by atoms with Gasteiger partial charge in [-0.3, -0.25) is 0 Å². The molecule has 0 amide bonds. The van der Waals surface area contributed by atoms with Crippen molar-refractivity contribution in [1.82, 2.24) is 9.97 Å². The lowest BCUT2D eigenvalue weighted by molar-refractivity contribution is 0.660. The highest BCUT2D eigenvalue weighted by Gasteiger charge is 2.35. The van der Waals surface area contributed by atoms with Crippen LogP contribution < -0.4 is 0 Å². The number of fused-ring (bicyclic) bond motifs is 5. The van der Waals surface area contributed by atoms with Crippen molar-refractivity contribution >= 4 is 21.5 Å². The molecule has 0 N–H and O–H groups in total. The van der Waals surface area contributed by atoms with E-state index in [4.69, 9.17) is 9.97 Å².